The summed E-state index contributed by atoms with van der Waals surface area (Å²) in [6.45, 7) is 13.9. The molecule has 1 heterocycles. The van der Waals surface area contributed by atoms with Crippen molar-refractivity contribution < 1.29 is 0 Å². The zero-order valence-corrected chi connectivity index (χ0v) is 14.5. The van der Waals surface area contributed by atoms with Gasteiger partial charge in [0, 0.05) is 12.6 Å². The highest BCUT2D eigenvalue weighted by Gasteiger charge is 2.23. The third-order valence-electron chi connectivity index (χ3n) is 4.92. The van der Waals surface area contributed by atoms with E-state index in [2.05, 4.69) is 24.1 Å². The van der Waals surface area contributed by atoms with Gasteiger partial charge in [0.25, 0.3) is 0 Å². The van der Waals surface area contributed by atoms with Crippen molar-refractivity contribution in [2.45, 2.75) is 78.7 Å². The molecule has 2 nitrogen and oxygen atoms in total. The van der Waals surface area contributed by atoms with Gasteiger partial charge in [-0.1, -0.05) is 40.5 Å². The SMILES string of the molecule is CC.CCCNC1CCN(CC2CCC(C)CC2)CC1. The van der Waals surface area contributed by atoms with Gasteiger partial charge in [-0.3, -0.25) is 0 Å². The molecule has 2 heteroatoms. The quantitative estimate of drug-likeness (QED) is 0.808. The molecule has 0 aromatic rings. The molecule has 1 aliphatic heterocycles. The maximum Gasteiger partial charge on any atom is 0.00914 e. The van der Waals surface area contributed by atoms with Gasteiger partial charge in [0.2, 0.25) is 0 Å². The molecule has 0 bridgehead atoms. The Labute approximate surface area is 127 Å². The fourth-order valence-electron chi connectivity index (χ4n) is 3.54. The van der Waals surface area contributed by atoms with Crippen LogP contribution >= 0.6 is 0 Å². The van der Waals surface area contributed by atoms with E-state index in [-0.39, 0.29) is 0 Å². The van der Waals surface area contributed by atoms with Crippen molar-refractivity contribution in [3.05, 3.63) is 0 Å². The first-order valence-electron chi connectivity index (χ1n) is 9.23. The topological polar surface area (TPSA) is 15.3 Å². The van der Waals surface area contributed by atoms with Crippen molar-refractivity contribution in [3.63, 3.8) is 0 Å². The van der Waals surface area contributed by atoms with Gasteiger partial charge in [-0.2, -0.15) is 0 Å². The number of nitrogens with zero attached hydrogens (tertiary/aromatic N) is 1. The number of likely N-dealkylation sites (tertiary alicyclic amines) is 1. The molecule has 0 spiro atoms. The van der Waals surface area contributed by atoms with Crippen LogP contribution in [-0.2, 0) is 0 Å². The summed E-state index contributed by atoms with van der Waals surface area (Å²) in [6, 6.07) is 0.799. The smallest absolute Gasteiger partial charge is 0.00914 e. The molecule has 0 radical (unpaired) electrons. The molecule has 2 fully saturated rings. The average molecular weight is 283 g/mol. The minimum absolute atomic E-state index is 0.799. The van der Waals surface area contributed by atoms with Crippen molar-refractivity contribution >= 4 is 0 Å². The van der Waals surface area contributed by atoms with E-state index in [1.165, 1.54) is 71.1 Å². The van der Waals surface area contributed by atoms with Gasteiger partial charge in [0.15, 0.2) is 0 Å². The van der Waals surface area contributed by atoms with Crippen molar-refractivity contribution in [1.29, 1.82) is 0 Å². The number of piperidine rings is 1. The van der Waals surface area contributed by atoms with Crippen LogP contribution < -0.4 is 5.32 Å². The first kappa shape index (κ1) is 18.0. The summed E-state index contributed by atoms with van der Waals surface area (Å²) in [7, 11) is 0. The summed E-state index contributed by atoms with van der Waals surface area (Å²) in [4.78, 5) is 2.73. The zero-order chi connectivity index (χ0) is 14.8. The van der Waals surface area contributed by atoms with Crippen LogP contribution in [0, 0.1) is 11.8 Å². The van der Waals surface area contributed by atoms with E-state index < -0.39 is 0 Å². The summed E-state index contributed by atoms with van der Waals surface area (Å²) >= 11 is 0. The molecule has 0 aromatic carbocycles. The van der Waals surface area contributed by atoms with Gasteiger partial charge in [0.05, 0.1) is 0 Å². The Morgan fingerprint density at radius 1 is 0.950 bits per heavy atom. The van der Waals surface area contributed by atoms with E-state index in [1.54, 1.807) is 0 Å². The molecule has 1 N–H and O–H groups in total. The Morgan fingerprint density at radius 3 is 2.10 bits per heavy atom. The molecule has 0 amide bonds. The Balaban J connectivity index is 0.000000956. The predicted octanol–water partition coefficient (Wildman–Crippen LogP) is 4.30. The lowest BCUT2D eigenvalue weighted by atomic mass is 9.82. The Morgan fingerprint density at radius 2 is 1.55 bits per heavy atom. The van der Waals surface area contributed by atoms with Crippen LogP contribution in [0.3, 0.4) is 0 Å². The lowest BCUT2D eigenvalue weighted by molar-refractivity contribution is 0.147. The fraction of sp³-hybridized carbons (Fsp3) is 1.00. The number of hydrogen-bond donors (Lipinski definition) is 1. The van der Waals surface area contributed by atoms with E-state index >= 15 is 0 Å². The molecular formula is C18H38N2. The maximum atomic E-state index is 3.67. The third kappa shape index (κ3) is 6.58. The molecule has 2 rings (SSSR count). The summed E-state index contributed by atoms with van der Waals surface area (Å²) < 4.78 is 0. The molecule has 1 saturated carbocycles. The monoisotopic (exact) mass is 282 g/mol. The molecular weight excluding hydrogens is 244 g/mol. The second kappa shape index (κ2) is 10.6. The largest absolute Gasteiger partial charge is 0.314 e. The van der Waals surface area contributed by atoms with Crippen LogP contribution in [-0.4, -0.2) is 37.1 Å². The molecule has 1 aliphatic carbocycles. The highest BCUT2D eigenvalue weighted by molar-refractivity contribution is 4.80. The first-order valence-corrected chi connectivity index (χ1v) is 9.23. The lowest BCUT2D eigenvalue weighted by Gasteiger charge is -2.36. The molecule has 2 aliphatic rings. The minimum Gasteiger partial charge on any atom is -0.314 e. The van der Waals surface area contributed by atoms with E-state index in [0.29, 0.717) is 0 Å². The van der Waals surface area contributed by atoms with Crippen molar-refractivity contribution in [2.75, 3.05) is 26.2 Å². The summed E-state index contributed by atoms with van der Waals surface area (Å²) in [6.07, 6.45) is 9.90. The second-order valence-corrected chi connectivity index (χ2v) is 6.65. The van der Waals surface area contributed by atoms with Crippen LogP contribution in [0.2, 0.25) is 0 Å². The fourth-order valence-corrected chi connectivity index (χ4v) is 3.54. The Bertz CT molecular complexity index is 213. The molecule has 0 unspecified atom stereocenters. The number of nitrogens with one attached hydrogen (secondary N) is 1. The summed E-state index contributed by atoms with van der Waals surface area (Å²) in [5.74, 6) is 1.99. The number of rotatable bonds is 5. The van der Waals surface area contributed by atoms with Crippen LogP contribution in [0.1, 0.15) is 72.6 Å². The Kier molecular flexibility index (Phi) is 9.54. The lowest BCUT2D eigenvalue weighted by Crippen LogP contribution is -2.44. The average Bonchev–Trinajstić information content (AvgIpc) is 2.51. The minimum atomic E-state index is 0.799. The molecule has 120 valence electrons. The van der Waals surface area contributed by atoms with E-state index in [1.807, 2.05) is 13.8 Å². The van der Waals surface area contributed by atoms with E-state index in [9.17, 15) is 0 Å². The van der Waals surface area contributed by atoms with E-state index in [4.69, 9.17) is 0 Å². The van der Waals surface area contributed by atoms with Gasteiger partial charge in [-0.15, -0.1) is 0 Å². The number of hydrogen-bond acceptors (Lipinski definition) is 2. The Hall–Kier alpha value is -0.0800. The normalized spacial score (nSPS) is 28.8. The summed E-state index contributed by atoms with van der Waals surface area (Å²) in [5, 5.41) is 3.67. The predicted molar refractivity (Wildman–Crippen MR) is 90.2 cm³/mol. The first-order chi connectivity index (χ1) is 9.78. The van der Waals surface area contributed by atoms with Gasteiger partial charge in [-0.25, -0.2) is 0 Å². The van der Waals surface area contributed by atoms with Crippen molar-refractivity contribution in [1.82, 2.24) is 10.2 Å². The van der Waals surface area contributed by atoms with Gasteiger partial charge in [-0.05, 0) is 63.6 Å². The highest BCUT2D eigenvalue weighted by Crippen LogP contribution is 2.29. The zero-order valence-electron chi connectivity index (χ0n) is 14.5. The van der Waals surface area contributed by atoms with Crippen LogP contribution in [0.15, 0.2) is 0 Å². The van der Waals surface area contributed by atoms with Gasteiger partial charge < -0.3 is 10.2 Å². The van der Waals surface area contributed by atoms with Crippen LogP contribution in [0.5, 0.6) is 0 Å². The van der Waals surface area contributed by atoms with Gasteiger partial charge in [0.1, 0.15) is 0 Å². The maximum absolute atomic E-state index is 3.67. The van der Waals surface area contributed by atoms with Crippen molar-refractivity contribution in [3.8, 4) is 0 Å². The second-order valence-electron chi connectivity index (χ2n) is 6.65. The highest BCUT2D eigenvalue weighted by atomic mass is 15.1. The van der Waals surface area contributed by atoms with Gasteiger partial charge >= 0.3 is 0 Å². The third-order valence-corrected chi connectivity index (χ3v) is 4.92. The van der Waals surface area contributed by atoms with E-state index in [0.717, 1.165) is 17.9 Å². The van der Waals surface area contributed by atoms with Crippen LogP contribution in [0.25, 0.3) is 0 Å². The molecule has 0 atom stereocenters. The molecule has 1 saturated heterocycles. The molecule has 0 aromatic heterocycles. The standard InChI is InChI=1S/C16H32N2.C2H6/c1-3-10-17-16-8-11-18(12-9-16)13-15-6-4-14(2)5-7-15;1-2/h14-17H,3-13H2,1-2H3;1-2H3. The summed E-state index contributed by atoms with van der Waals surface area (Å²) in [5.41, 5.74) is 0. The van der Waals surface area contributed by atoms with Crippen molar-refractivity contribution in [2.24, 2.45) is 11.8 Å². The van der Waals surface area contributed by atoms with Crippen LogP contribution in [0.4, 0.5) is 0 Å². The molecule has 20 heavy (non-hydrogen) atoms.